The number of benzene rings is 1. The Labute approximate surface area is 144 Å². The first kappa shape index (κ1) is 18.6. The van der Waals surface area contributed by atoms with Gasteiger partial charge in [0.15, 0.2) is 6.61 Å². The van der Waals surface area contributed by atoms with Crippen LogP contribution in [0.2, 0.25) is 0 Å². The average molecular weight is 367 g/mol. The third kappa shape index (κ3) is 5.13. The van der Waals surface area contributed by atoms with E-state index in [-0.39, 0.29) is 22.9 Å². The van der Waals surface area contributed by atoms with E-state index in [2.05, 4.69) is 15.2 Å². The third-order valence-electron chi connectivity index (χ3n) is 2.96. The zero-order valence-corrected chi connectivity index (χ0v) is 14.4. The summed E-state index contributed by atoms with van der Waals surface area (Å²) in [6, 6.07) is 6.70. The number of amides is 1. The van der Waals surface area contributed by atoms with Crippen LogP contribution in [0.1, 0.15) is 23.0 Å². The molecule has 0 aliphatic heterocycles. The van der Waals surface area contributed by atoms with Gasteiger partial charge in [0, 0.05) is 12.6 Å². The minimum atomic E-state index is -3.59. The molecule has 0 spiro atoms. The fraction of sp³-hybridized carbons (Fsp3) is 0.267. The first-order chi connectivity index (χ1) is 11.8. The van der Waals surface area contributed by atoms with Crippen molar-refractivity contribution in [3.8, 4) is 0 Å². The van der Waals surface area contributed by atoms with Gasteiger partial charge in [-0.3, -0.25) is 10.1 Å². The topological polar surface area (TPSA) is 128 Å². The van der Waals surface area contributed by atoms with Crippen molar-refractivity contribution in [1.29, 1.82) is 0 Å². The first-order valence-corrected chi connectivity index (χ1v) is 8.80. The first-order valence-electron chi connectivity index (χ1n) is 7.32. The molecule has 0 saturated carbocycles. The predicted molar refractivity (Wildman–Crippen MR) is 87.5 cm³/mol. The highest BCUT2D eigenvalue weighted by Gasteiger charge is 2.15. The molecular weight excluding hydrogens is 350 g/mol. The molecule has 2 rings (SSSR count). The number of aryl methyl sites for hydroxylation is 1. The fourth-order valence-electron chi connectivity index (χ4n) is 1.85. The molecule has 25 heavy (non-hydrogen) atoms. The smallest absolute Gasteiger partial charge is 0.338 e. The predicted octanol–water partition coefficient (Wildman–Crippen LogP) is 1.08. The number of carbonyl (C=O) groups is 2. The number of esters is 1. The van der Waals surface area contributed by atoms with Gasteiger partial charge in [-0.25, -0.2) is 17.9 Å². The van der Waals surface area contributed by atoms with Gasteiger partial charge in [-0.05, 0) is 31.2 Å². The van der Waals surface area contributed by atoms with Crippen molar-refractivity contribution >= 4 is 27.8 Å². The number of anilines is 1. The minimum Gasteiger partial charge on any atom is -0.452 e. The molecule has 0 radical (unpaired) electrons. The summed E-state index contributed by atoms with van der Waals surface area (Å²) in [6.07, 6.45) is 0. The zero-order valence-electron chi connectivity index (χ0n) is 13.6. The number of hydrogen-bond acceptors (Lipinski definition) is 7. The van der Waals surface area contributed by atoms with Crippen molar-refractivity contribution in [2.75, 3.05) is 18.5 Å². The van der Waals surface area contributed by atoms with Gasteiger partial charge in [0.05, 0.1) is 16.2 Å². The Bertz CT molecular complexity index is 858. The standard InChI is InChI=1S/C15H17N3O6S/c1-3-16-25(21,22)12-6-4-11(5-7-12)15(20)23-9-13(19)17-14-8-10(2)18-24-14/h4-8,16H,3,9H2,1-2H3,(H,17,19). The van der Waals surface area contributed by atoms with Gasteiger partial charge >= 0.3 is 5.97 Å². The summed E-state index contributed by atoms with van der Waals surface area (Å²) in [7, 11) is -3.59. The molecule has 9 nitrogen and oxygen atoms in total. The van der Waals surface area contributed by atoms with Gasteiger partial charge < -0.3 is 9.26 Å². The Morgan fingerprint density at radius 2 is 1.92 bits per heavy atom. The van der Waals surface area contributed by atoms with Crippen LogP contribution in [0.3, 0.4) is 0 Å². The molecule has 1 amide bonds. The maximum Gasteiger partial charge on any atom is 0.338 e. The van der Waals surface area contributed by atoms with E-state index in [1.807, 2.05) is 0 Å². The molecular formula is C15H17N3O6S. The highest BCUT2D eigenvalue weighted by molar-refractivity contribution is 7.89. The number of aromatic nitrogens is 1. The van der Waals surface area contributed by atoms with Crippen molar-refractivity contribution in [3.05, 3.63) is 41.6 Å². The molecule has 1 aromatic carbocycles. The number of ether oxygens (including phenoxy) is 1. The van der Waals surface area contributed by atoms with Gasteiger partial charge in [-0.1, -0.05) is 12.1 Å². The number of nitrogens with zero attached hydrogens (tertiary/aromatic N) is 1. The number of nitrogens with one attached hydrogen (secondary N) is 2. The second-order valence-corrected chi connectivity index (χ2v) is 6.75. The molecule has 0 bridgehead atoms. The lowest BCUT2D eigenvalue weighted by Gasteiger charge is -2.06. The molecule has 1 heterocycles. The zero-order chi connectivity index (χ0) is 18.4. The minimum absolute atomic E-state index is 0.0318. The van der Waals surface area contributed by atoms with Gasteiger partial charge in [0.25, 0.3) is 5.91 Å². The molecule has 1 aromatic heterocycles. The Morgan fingerprint density at radius 3 is 2.48 bits per heavy atom. The summed E-state index contributed by atoms with van der Waals surface area (Å²) in [5.41, 5.74) is 0.721. The Kier molecular flexibility index (Phi) is 5.88. The van der Waals surface area contributed by atoms with Crippen molar-refractivity contribution < 1.29 is 27.3 Å². The van der Waals surface area contributed by atoms with E-state index in [1.165, 1.54) is 30.3 Å². The number of rotatable bonds is 7. The van der Waals surface area contributed by atoms with E-state index in [0.29, 0.717) is 5.69 Å². The highest BCUT2D eigenvalue weighted by atomic mass is 32.2. The lowest BCUT2D eigenvalue weighted by Crippen LogP contribution is -2.23. The van der Waals surface area contributed by atoms with E-state index in [9.17, 15) is 18.0 Å². The summed E-state index contributed by atoms with van der Waals surface area (Å²) in [6.45, 7) is 3.09. The number of carbonyl (C=O) groups excluding carboxylic acids is 2. The van der Waals surface area contributed by atoms with Crippen LogP contribution in [-0.2, 0) is 19.6 Å². The lowest BCUT2D eigenvalue weighted by atomic mass is 10.2. The normalized spacial score (nSPS) is 11.1. The maximum absolute atomic E-state index is 11.9. The van der Waals surface area contributed by atoms with E-state index in [1.54, 1.807) is 13.8 Å². The van der Waals surface area contributed by atoms with E-state index >= 15 is 0 Å². The highest BCUT2D eigenvalue weighted by Crippen LogP contribution is 2.12. The molecule has 134 valence electrons. The van der Waals surface area contributed by atoms with Crippen molar-refractivity contribution in [2.24, 2.45) is 0 Å². The van der Waals surface area contributed by atoms with E-state index in [0.717, 1.165) is 0 Å². The molecule has 0 aliphatic carbocycles. The number of hydrogen-bond donors (Lipinski definition) is 2. The van der Waals surface area contributed by atoms with Crippen LogP contribution < -0.4 is 10.0 Å². The molecule has 0 fully saturated rings. The van der Waals surface area contributed by atoms with Crippen LogP contribution in [0, 0.1) is 6.92 Å². The van der Waals surface area contributed by atoms with Gasteiger partial charge in [0.1, 0.15) is 0 Å². The lowest BCUT2D eigenvalue weighted by molar-refractivity contribution is -0.119. The van der Waals surface area contributed by atoms with Gasteiger partial charge in [-0.2, -0.15) is 0 Å². The maximum atomic E-state index is 11.9. The van der Waals surface area contributed by atoms with E-state index < -0.39 is 28.5 Å². The van der Waals surface area contributed by atoms with Gasteiger partial charge in [0.2, 0.25) is 15.9 Å². The van der Waals surface area contributed by atoms with Crippen molar-refractivity contribution in [2.45, 2.75) is 18.7 Å². The van der Waals surface area contributed by atoms with Crippen LogP contribution in [0.15, 0.2) is 39.8 Å². The number of sulfonamides is 1. The Hall–Kier alpha value is -2.72. The average Bonchev–Trinajstić information content (AvgIpc) is 2.97. The quantitative estimate of drug-likeness (QED) is 0.701. The van der Waals surface area contributed by atoms with Crippen molar-refractivity contribution in [1.82, 2.24) is 9.88 Å². The molecule has 2 N–H and O–H groups in total. The van der Waals surface area contributed by atoms with Crippen LogP contribution in [0.25, 0.3) is 0 Å². The molecule has 10 heteroatoms. The SMILES string of the molecule is CCNS(=O)(=O)c1ccc(C(=O)OCC(=O)Nc2cc(C)no2)cc1. The van der Waals surface area contributed by atoms with Gasteiger partial charge in [-0.15, -0.1) is 0 Å². The van der Waals surface area contributed by atoms with Crippen LogP contribution >= 0.6 is 0 Å². The summed E-state index contributed by atoms with van der Waals surface area (Å²) in [4.78, 5) is 23.6. The monoisotopic (exact) mass is 367 g/mol. The summed E-state index contributed by atoms with van der Waals surface area (Å²) < 4.78 is 35.6. The van der Waals surface area contributed by atoms with Crippen LogP contribution in [0.4, 0.5) is 5.88 Å². The molecule has 0 atom stereocenters. The Morgan fingerprint density at radius 1 is 1.24 bits per heavy atom. The van der Waals surface area contributed by atoms with Crippen LogP contribution in [0.5, 0.6) is 0 Å². The summed E-state index contributed by atoms with van der Waals surface area (Å²) in [5, 5.41) is 5.98. The molecule has 0 unspecified atom stereocenters. The van der Waals surface area contributed by atoms with E-state index in [4.69, 9.17) is 9.26 Å². The fourth-order valence-corrected chi connectivity index (χ4v) is 2.90. The summed E-state index contributed by atoms with van der Waals surface area (Å²) in [5.74, 6) is -1.19. The van der Waals surface area contributed by atoms with Crippen molar-refractivity contribution in [3.63, 3.8) is 0 Å². The molecule has 0 saturated heterocycles. The van der Waals surface area contributed by atoms with Crippen LogP contribution in [-0.4, -0.2) is 38.6 Å². The molecule has 2 aromatic rings. The molecule has 0 aliphatic rings. The largest absolute Gasteiger partial charge is 0.452 e. The second kappa shape index (κ2) is 7.90. The summed E-state index contributed by atoms with van der Waals surface area (Å²) >= 11 is 0. The Balaban J connectivity index is 1.91. The second-order valence-electron chi connectivity index (χ2n) is 4.98. The third-order valence-corrected chi connectivity index (χ3v) is 4.52.